The average Bonchev–Trinajstić information content (AvgIpc) is 2.82. The van der Waals surface area contributed by atoms with Crippen molar-refractivity contribution in [2.24, 2.45) is 5.84 Å². The molecule has 0 amide bonds. The second-order valence-electron chi connectivity index (χ2n) is 3.38. The van der Waals surface area contributed by atoms with E-state index < -0.39 is 0 Å². The van der Waals surface area contributed by atoms with Crippen molar-refractivity contribution >= 4 is 23.3 Å². The minimum Gasteiger partial charge on any atom is -0.271 e. The van der Waals surface area contributed by atoms with Crippen molar-refractivity contribution in [3.05, 3.63) is 46.7 Å². The Labute approximate surface area is 103 Å². The third kappa shape index (κ3) is 2.76. The number of nitrogens with zero attached hydrogens (tertiary/aromatic N) is 2. The zero-order valence-electron chi connectivity index (χ0n) is 8.43. The van der Waals surface area contributed by atoms with Crippen LogP contribution in [0, 0.1) is 0 Å². The van der Waals surface area contributed by atoms with Gasteiger partial charge in [-0.05, 0) is 24.1 Å². The highest BCUT2D eigenvalue weighted by atomic mass is 35.5. The first kappa shape index (κ1) is 11.5. The number of hydrogen-bond donors (Lipinski definition) is 2. The highest BCUT2D eigenvalue weighted by Gasteiger charge is 2.12. The normalized spacial score (nSPS) is 12.6. The summed E-state index contributed by atoms with van der Waals surface area (Å²) in [4.78, 5) is 0. The Bertz CT molecular complexity index is 429. The molecule has 0 aliphatic carbocycles. The lowest BCUT2D eigenvalue weighted by molar-refractivity contribution is 0.542. The van der Waals surface area contributed by atoms with E-state index in [1.807, 2.05) is 24.3 Å². The molecule has 0 saturated heterocycles. The number of hydrazine groups is 1. The van der Waals surface area contributed by atoms with Gasteiger partial charge in [-0.15, -0.1) is 0 Å². The molecule has 0 saturated carbocycles. The van der Waals surface area contributed by atoms with E-state index in [1.54, 1.807) is 6.20 Å². The summed E-state index contributed by atoms with van der Waals surface area (Å²) in [5, 5.41) is 0.733. The SMILES string of the molecule is NNC(Cc1ccc(Cl)cc1)c1cnsn1. The van der Waals surface area contributed by atoms with Crippen LogP contribution in [0.25, 0.3) is 0 Å². The molecular weight excluding hydrogens is 244 g/mol. The standard InChI is InChI=1S/C10H11ClN4S/c11-8-3-1-7(2-4-8)5-9(14-12)10-6-13-16-15-10/h1-4,6,9,14H,5,12H2. The van der Waals surface area contributed by atoms with Crippen molar-refractivity contribution in [3.63, 3.8) is 0 Å². The van der Waals surface area contributed by atoms with Gasteiger partial charge in [0.25, 0.3) is 0 Å². The molecule has 6 heteroatoms. The molecule has 1 unspecified atom stereocenters. The van der Waals surface area contributed by atoms with Crippen molar-refractivity contribution in [2.75, 3.05) is 0 Å². The quantitative estimate of drug-likeness (QED) is 0.647. The highest BCUT2D eigenvalue weighted by Crippen LogP contribution is 2.17. The monoisotopic (exact) mass is 254 g/mol. The van der Waals surface area contributed by atoms with Crippen LogP contribution in [0.15, 0.2) is 30.5 Å². The van der Waals surface area contributed by atoms with Gasteiger partial charge >= 0.3 is 0 Å². The molecule has 2 rings (SSSR count). The maximum absolute atomic E-state index is 5.82. The molecule has 0 aliphatic heterocycles. The molecule has 3 N–H and O–H groups in total. The molecule has 16 heavy (non-hydrogen) atoms. The second kappa shape index (κ2) is 5.36. The van der Waals surface area contributed by atoms with Crippen molar-refractivity contribution < 1.29 is 0 Å². The second-order valence-corrected chi connectivity index (χ2v) is 4.38. The van der Waals surface area contributed by atoms with E-state index in [2.05, 4.69) is 14.2 Å². The molecule has 2 aromatic rings. The number of hydrogen-bond acceptors (Lipinski definition) is 5. The molecule has 1 atom stereocenters. The molecule has 1 heterocycles. The molecule has 1 aromatic carbocycles. The number of aromatic nitrogens is 2. The molecule has 84 valence electrons. The van der Waals surface area contributed by atoms with Gasteiger partial charge in [-0.1, -0.05) is 23.7 Å². The van der Waals surface area contributed by atoms with Gasteiger partial charge in [0, 0.05) is 5.02 Å². The summed E-state index contributed by atoms with van der Waals surface area (Å²) >= 11 is 7.00. The number of benzene rings is 1. The molecule has 0 fully saturated rings. The zero-order chi connectivity index (χ0) is 11.4. The van der Waals surface area contributed by atoms with Crippen LogP contribution < -0.4 is 11.3 Å². The van der Waals surface area contributed by atoms with Crippen LogP contribution in [-0.2, 0) is 6.42 Å². The molecule has 4 nitrogen and oxygen atoms in total. The summed E-state index contributed by atoms with van der Waals surface area (Å²) in [6.45, 7) is 0. The summed E-state index contributed by atoms with van der Waals surface area (Å²) in [7, 11) is 0. The Hall–Kier alpha value is -1.01. The fraction of sp³-hybridized carbons (Fsp3) is 0.200. The number of rotatable bonds is 4. The van der Waals surface area contributed by atoms with Crippen LogP contribution in [-0.4, -0.2) is 8.75 Å². The highest BCUT2D eigenvalue weighted by molar-refractivity contribution is 6.99. The third-order valence-corrected chi connectivity index (χ3v) is 3.03. The Morgan fingerprint density at radius 1 is 1.38 bits per heavy atom. The van der Waals surface area contributed by atoms with Gasteiger partial charge in [0.2, 0.25) is 0 Å². The summed E-state index contributed by atoms with van der Waals surface area (Å²) < 4.78 is 8.12. The Balaban J connectivity index is 2.10. The van der Waals surface area contributed by atoms with E-state index in [9.17, 15) is 0 Å². The fourth-order valence-electron chi connectivity index (χ4n) is 1.43. The smallest absolute Gasteiger partial charge is 0.0929 e. The van der Waals surface area contributed by atoms with Gasteiger partial charge in [-0.25, -0.2) is 0 Å². The maximum atomic E-state index is 5.82. The van der Waals surface area contributed by atoms with Crippen LogP contribution in [0.5, 0.6) is 0 Å². The van der Waals surface area contributed by atoms with Gasteiger partial charge in [-0.3, -0.25) is 11.3 Å². The lowest BCUT2D eigenvalue weighted by atomic mass is 10.0. The number of nitrogens with one attached hydrogen (secondary N) is 1. The lowest BCUT2D eigenvalue weighted by Crippen LogP contribution is -2.29. The average molecular weight is 255 g/mol. The van der Waals surface area contributed by atoms with Gasteiger partial charge in [0.1, 0.15) is 0 Å². The largest absolute Gasteiger partial charge is 0.271 e. The predicted molar refractivity (Wildman–Crippen MR) is 65.1 cm³/mol. The maximum Gasteiger partial charge on any atom is 0.0929 e. The van der Waals surface area contributed by atoms with E-state index in [0.717, 1.165) is 22.7 Å². The van der Waals surface area contributed by atoms with Gasteiger partial charge < -0.3 is 0 Å². The Morgan fingerprint density at radius 3 is 2.69 bits per heavy atom. The first-order valence-corrected chi connectivity index (χ1v) is 5.88. The summed E-state index contributed by atoms with van der Waals surface area (Å²) in [5.74, 6) is 5.50. The van der Waals surface area contributed by atoms with E-state index >= 15 is 0 Å². The minimum atomic E-state index is -0.0140. The molecule has 0 bridgehead atoms. The third-order valence-electron chi connectivity index (χ3n) is 2.29. The predicted octanol–water partition coefficient (Wildman–Crippen LogP) is 1.94. The summed E-state index contributed by atoms with van der Waals surface area (Å²) in [6.07, 6.45) is 2.49. The van der Waals surface area contributed by atoms with Crippen LogP contribution in [0.3, 0.4) is 0 Å². The molecule has 0 aliphatic rings. The molecule has 0 radical (unpaired) electrons. The van der Waals surface area contributed by atoms with Crippen LogP contribution in [0.4, 0.5) is 0 Å². The van der Waals surface area contributed by atoms with Gasteiger partial charge in [0.05, 0.1) is 29.7 Å². The number of halogens is 1. The zero-order valence-corrected chi connectivity index (χ0v) is 10.0. The van der Waals surface area contributed by atoms with Crippen LogP contribution >= 0.6 is 23.3 Å². The first-order valence-electron chi connectivity index (χ1n) is 4.77. The van der Waals surface area contributed by atoms with Gasteiger partial charge in [-0.2, -0.15) is 8.75 Å². The Morgan fingerprint density at radius 2 is 2.12 bits per heavy atom. The first-order chi connectivity index (χ1) is 7.79. The van der Waals surface area contributed by atoms with Crippen LogP contribution in [0.1, 0.15) is 17.3 Å². The van der Waals surface area contributed by atoms with Gasteiger partial charge in [0.15, 0.2) is 0 Å². The minimum absolute atomic E-state index is 0.0140. The summed E-state index contributed by atoms with van der Waals surface area (Å²) in [6, 6.07) is 7.67. The van der Waals surface area contributed by atoms with Crippen molar-refractivity contribution in [1.29, 1.82) is 0 Å². The van der Waals surface area contributed by atoms with E-state index in [-0.39, 0.29) is 6.04 Å². The number of nitrogens with two attached hydrogens (primary N) is 1. The molecule has 0 spiro atoms. The Kier molecular flexibility index (Phi) is 3.84. The van der Waals surface area contributed by atoms with E-state index in [1.165, 1.54) is 11.7 Å². The topological polar surface area (TPSA) is 63.8 Å². The van der Waals surface area contributed by atoms with E-state index in [0.29, 0.717) is 0 Å². The van der Waals surface area contributed by atoms with Crippen LogP contribution in [0.2, 0.25) is 5.02 Å². The van der Waals surface area contributed by atoms with Crippen molar-refractivity contribution in [1.82, 2.24) is 14.2 Å². The lowest BCUT2D eigenvalue weighted by Gasteiger charge is -2.12. The fourth-order valence-corrected chi connectivity index (χ4v) is 2.03. The van der Waals surface area contributed by atoms with Crippen molar-refractivity contribution in [3.8, 4) is 0 Å². The molecular formula is C10H11ClN4S. The molecule has 1 aromatic heterocycles. The van der Waals surface area contributed by atoms with E-state index in [4.69, 9.17) is 17.4 Å². The summed E-state index contributed by atoms with van der Waals surface area (Å²) in [5.41, 5.74) is 4.76. The van der Waals surface area contributed by atoms with Crippen molar-refractivity contribution in [2.45, 2.75) is 12.5 Å².